The number of carbonyl (C=O) groups is 1. The van der Waals surface area contributed by atoms with Crippen LogP contribution in [0, 0.1) is 0 Å². The van der Waals surface area contributed by atoms with Crippen LogP contribution in [-0.2, 0) is 19.5 Å². The van der Waals surface area contributed by atoms with Gasteiger partial charge in [0.25, 0.3) is 0 Å². The highest BCUT2D eigenvalue weighted by Crippen LogP contribution is 2.07. The molecule has 0 bridgehead atoms. The van der Waals surface area contributed by atoms with Crippen molar-refractivity contribution in [3.63, 3.8) is 0 Å². The number of amides is 2. The van der Waals surface area contributed by atoms with E-state index in [1.165, 1.54) is 11.1 Å². The van der Waals surface area contributed by atoms with E-state index < -0.39 is 0 Å². The van der Waals surface area contributed by atoms with Crippen molar-refractivity contribution < 1.29 is 4.79 Å². The third-order valence-corrected chi connectivity index (χ3v) is 4.09. The molecule has 0 fully saturated rings. The van der Waals surface area contributed by atoms with E-state index in [0.717, 1.165) is 18.7 Å². The molecule has 1 aromatic heterocycles. The molecule has 4 heteroatoms. The smallest absolute Gasteiger partial charge is 0.315 e. The van der Waals surface area contributed by atoms with Gasteiger partial charge in [0.05, 0.1) is 6.54 Å². The third-order valence-electron chi connectivity index (χ3n) is 4.09. The van der Waals surface area contributed by atoms with E-state index >= 15 is 0 Å². The molecular formula is C21H23N3O. The van der Waals surface area contributed by atoms with Crippen LogP contribution in [0.15, 0.2) is 79.0 Å². The van der Waals surface area contributed by atoms with Crippen LogP contribution in [-0.4, -0.2) is 17.1 Å². The van der Waals surface area contributed by atoms with Gasteiger partial charge in [0.2, 0.25) is 0 Å². The van der Waals surface area contributed by atoms with Gasteiger partial charge in [-0.25, -0.2) is 4.79 Å². The topological polar surface area (TPSA) is 46.1 Å². The molecule has 0 aliphatic carbocycles. The third kappa shape index (κ3) is 5.24. The minimum Gasteiger partial charge on any atom is -0.345 e. The summed E-state index contributed by atoms with van der Waals surface area (Å²) in [5, 5.41) is 5.83. The molecule has 0 aliphatic rings. The van der Waals surface area contributed by atoms with Crippen LogP contribution in [0.25, 0.3) is 0 Å². The fraction of sp³-hybridized carbons (Fsp3) is 0.190. The first-order valence-corrected chi connectivity index (χ1v) is 8.55. The van der Waals surface area contributed by atoms with Crippen molar-refractivity contribution in [2.45, 2.75) is 19.5 Å². The number of nitrogens with one attached hydrogen (secondary N) is 2. The monoisotopic (exact) mass is 333 g/mol. The Labute approximate surface area is 148 Å². The maximum atomic E-state index is 12.0. The fourth-order valence-electron chi connectivity index (χ4n) is 2.74. The minimum atomic E-state index is -0.136. The average molecular weight is 333 g/mol. The van der Waals surface area contributed by atoms with Crippen molar-refractivity contribution >= 4 is 6.03 Å². The molecule has 2 amide bonds. The molecular weight excluding hydrogens is 310 g/mol. The zero-order valence-corrected chi connectivity index (χ0v) is 14.2. The number of rotatable bonds is 7. The Bertz CT molecular complexity index is 781. The van der Waals surface area contributed by atoms with Gasteiger partial charge in [-0.05, 0) is 29.7 Å². The second-order valence-corrected chi connectivity index (χ2v) is 5.96. The average Bonchev–Trinajstić information content (AvgIpc) is 3.09. The molecule has 0 atom stereocenters. The van der Waals surface area contributed by atoms with Crippen molar-refractivity contribution in [3.05, 3.63) is 95.8 Å². The summed E-state index contributed by atoms with van der Waals surface area (Å²) in [7, 11) is 0. The second-order valence-electron chi connectivity index (χ2n) is 5.96. The van der Waals surface area contributed by atoms with Gasteiger partial charge >= 0.3 is 6.03 Å². The number of nitrogens with zero attached hydrogens (tertiary/aromatic N) is 1. The maximum Gasteiger partial charge on any atom is 0.315 e. The number of hydrogen-bond donors (Lipinski definition) is 2. The number of aromatic nitrogens is 1. The van der Waals surface area contributed by atoms with Gasteiger partial charge in [0, 0.05) is 25.0 Å². The molecule has 3 rings (SSSR count). The molecule has 0 radical (unpaired) electrons. The first kappa shape index (κ1) is 16.8. The fourth-order valence-corrected chi connectivity index (χ4v) is 2.74. The Morgan fingerprint density at radius 2 is 1.48 bits per heavy atom. The summed E-state index contributed by atoms with van der Waals surface area (Å²) in [6, 6.07) is 24.4. The molecule has 2 N–H and O–H groups in total. The first-order chi connectivity index (χ1) is 12.3. The SMILES string of the molecule is O=C(NCCc1ccccc1)NCc1cccn1Cc1ccccc1. The highest BCUT2D eigenvalue weighted by molar-refractivity contribution is 5.73. The van der Waals surface area contributed by atoms with Gasteiger partial charge in [-0.2, -0.15) is 0 Å². The van der Waals surface area contributed by atoms with Gasteiger partial charge in [-0.3, -0.25) is 0 Å². The predicted octanol–water partition coefficient (Wildman–Crippen LogP) is 3.58. The summed E-state index contributed by atoms with van der Waals surface area (Å²) in [4.78, 5) is 12.0. The second kappa shape index (κ2) is 8.73. The summed E-state index contributed by atoms with van der Waals surface area (Å²) < 4.78 is 2.15. The molecule has 0 aliphatic heterocycles. The lowest BCUT2D eigenvalue weighted by molar-refractivity contribution is 0.240. The van der Waals surface area contributed by atoms with E-state index in [9.17, 15) is 4.79 Å². The molecule has 0 saturated heterocycles. The Kier molecular flexibility index (Phi) is 5.88. The van der Waals surface area contributed by atoms with Gasteiger partial charge in [0.15, 0.2) is 0 Å². The first-order valence-electron chi connectivity index (χ1n) is 8.55. The van der Waals surface area contributed by atoms with E-state index in [2.05, 4.69) is 39.5 Å². The van der Waals surface area contributed by atoms with E-state index in [1.54, 1.807) is 0 Å². The molecule has 4 nitrogen and oxygen atoms in total. The summed E-state index contributed by atoms with van der Waals surface area (Å²) in [5.41, 5.74) is 3.55. The van der Waals surface area contributed by atoms with Gasteiger partial charge < -0.3 is 15.2 Å². The Balaban J connectivity index is 1.44. The number of hydrogen-bond acceptors (Lipinski definition) is 1. The zero-order valence-electron chi connectivity index (χ0n) is 14.2. The molecule has 0 unspecified atom stereocenters. The molecule has 2 aromatic carbocycles. The van der Waals surface area contributed by atoms with Crippen molar-refractivity contribution in [2.75, 3.05) is 6.54 Å². The summed E-state index contributed by atoms with van der Waals surface area (Å²) in [6.45, 7) is 1.94. The van der Waals surface area contributed by atoms with Crippen LogP contribution in [0.3, 0.4) is 0 Å². The lowest BCUT2D eigenvalue weighted by Crippen LogP contribution is -2.36. The molecule has 1 heterocycles. The van der Waals surface area contributed by atoms with Gasteiger partial charge in [-0.15, -0.1) is 0 Å². The van der Waals surface area contributed by atoms with Crippen molar-refractivity contribution in [3.8, 4) is 0 Å². The van der Waals surface area contributed by atoms with Crippen LogP contribution >= 0.6 is 0 Å². The van der Waals surface area contributed by atoms with Crippen molar-refractivity contribution in [1.82, 2.24) is 15.2 Å². The number of urea groups is 1. The van der Waals surface area contributed by atoms with Crippen LogP contribution < -0.4 is 10.6 Å². The predicted molar refractivity (Wildman–Crippen MR) is 100 cm³/mol. The lowest BCUT2D eigenvalue weighted by atomic mass is 10.1. The van der Waals surface area contributed by atoms with Crippen molar-refractivity contribution in [2.24, 2.45) is 0 Å². The molecule has 0 spiro atoms. The molecule has 128 valence electrons. The van der Waals surface area contributed by atoms with E-state index in [0.29, 0.717) is 13.1 Å². The molecule has 0 saturated carbocycles. The normalized spacial score (nSPS) is 10.4. The number of carbonyl (C=O) groups excluding carboxylic acids is 1. The standard InChI is InChI=1S/C21H23N3O/c25-21(22-14-13-18-8-3-1-4-9-18)23-16-20-12-7-15-24(20)17-19-10-5-2-6-11-19/h1-12,15H,13-14,16-17H2,(H2,22,23,25). The quantitative estimate of drug-likeness (QED) is 0.682. The number of benzene rings is 2. The van der Waals surface area contributed by atoms with Crippen LogP contribution in [0.4, 0.5) is 4.79 Å². The Morgan fingerprint density at radius 1 is 0.800 bits per heavy atom. The minimum absolute atomic E-state index is 0.136. The largest absolute Gasteiger partial charge is 0.345 e. The highest BCUT2D eigenvalue weighted by atomic mass is 16.2. The highest BCUT2D eigenvalue weighted by Gasteiger charge is 2.04. The van der Waals surface area contributed by atoms with E-state index in [4.69, 9.17) is 0 Å². The Morgan fingerprint density at radius 3 is 2.20 bits per heavy atom. The van der Waals surface area contributed by atoms with Crippen molar-refractivity contribution in [1.29, 1.82) is 0 Å². The summed E-state index contributed by atoms with van der Waals surface area (Å²) in [6.07, 6.45) is 2.87. The van der Waals surface area contributed by atoms with Gasteiger partial charge in [-0.1, -0.05) is 60.7 Å². The van der Waals surface area contributed by atoms with Crippen LogP contribution in [0.5, 0.6) is 0 Å². The van der Waals surface area contributed by atoms with E-state index in [1.807, 2.05) is 54.7 Å². The molecule has 25 heavy (non-hydrogen) atoms. The van der Waals surface area contributed by atoms with E-state index in [-0.39, 0.29) is 6.03 Å². The molecule has 3 aromatic rings. The maximum absolute atomic E-state index is 12.0. The summed E-state index contributed by atoms with van der Waals surface area (Å²) >= 11 is 0. The summed E-state index contributed by atoms with van der Waals surface area (Å²) in [5.74, 6) is 0. The zero-order chi connectivity index (χ0) is 17.3. The lowest BCUT2D eigenvalue weighted by Gasteiger charge is -2.11. The Hall–Kier alpha value is -3.01. The van der Waals surface area contributed by atoms with Crippen LogP contribution in [0.2, 0.25) is 0 Å². The van der Waals surface area contributed by atoms with Crippen LogP contribution in [0.1, 0.15) is 16.8 Å². The van der Waals surface area contributed by atoms with Gasteiger partial charge in [0.1, 0.15) is 0 Å².